The van der Waals surface area contributed by atoms with Gasteiger partial charge in [0.05, 0.1) is 22.0 Å². The SMILES string of the molecule is CCO[C@@H](C)c1noc(C[S@](=O)c2ccoc2C)n1. The Morgan fingerprint density at radius 1 is 1.53 bits per heavy atom. The zero-order valence-electron chi connectivity index (χ0n) is 11.1. The van der Waals surface area contributed by atoms with Crippen molar-refractivity contribution in [3.05, 3.63) is 29.8 Å². The molecule has 0 saturated carbocycles. The van der Waals surface area contributed by atoms with Gasteiger partial charge in [-0.05, 0) is 26.8 Å². The molecule has 6 nitrogen and oxygen atoms in total. The van der Waals surface area contributed by atoms with E-state index in [0.29, 0.717) is 29.0 Å². The van der Waals surface area contributed by atoms with Crippen LogP contribution in [0.5, 0.6) is 0 Å². The highest BCUT2D eigenvalue weighted by Gasteiger charge is 2.17. The number of aryl methyl sites for hydroxylation is 1. The van der Waals surface area contributed by atoms with Gasteiger partial charge in [0.1, 0.15) is 17.6 Å². The Morgan fingerprint density at radius 2 is 2.32 bits per heavy atom. The fourth-order valence-corrected chi connectivity index (χ4v) is 2.69. The summed E-state index contributed by atoms with van der Waals surface area (Å²) in [5.74, 6) is 1.62. The van der Waals surface area contributed by atoms with Crippen LogP contribution in [0.4, 0.5) is 0 Å². The second-order valence-electron chi connectivity index (χ2n) is 3.97. The smallest absolute Gasteiger partial charge is 0.239 e. The molecule has 19 heavy (non-hydrogen) atoms. The summed E-state index contributed by atoms with van der Waals surface area (Å²) in [4.78, 5) is 4.83. The normalized spacial score (nSPS) is 14.5. The third-order valence-corrected chi connectivity index (χ3v) is 4.00. The Balaban J connectivity index is 2.04. The van der Waals surface area contributed by atoms with Crippen LogP contribution < -0.4 is 0 Å². The first kappa shape index (κ1) is 14.0. The predicted octanol–water partition coefficient (Wildman–Crippen LogP) is 2.38. The summed E-state index contributed by atoms with van der Waals surface area (Å²) in [5.41, 5.74) is 0. The molecule has 0 amide bonds. The minimum atomic E-state index is -1.25. The Morgan fingerprint density at radius 3 is 2.95 bits per heavy atom. The Hall–Kier alpha value is -1.47. The van der Waals surface area contributed by atoms with Crippen molar-refractivity contribution in [1.29, 1.82) is 0 Å². The van der Waals surface area contributed by atoms with Gasteiger partial charge in [0, 0.05) is 6.61 Å². The van der Waals surface area contributed by atoms with E-state index in [4.69, 9.17) is 13.7 Å². The molecule has 104 valence electrons. The van der Waals surface area contributed by atoms with E-state index in [-0.39, 0.29) is 11.9 Å². The van der Waals surface area contributed by atoms with E-state index < -0.39 is 10.8 Å². The molecule has 0 N–H and O–H groups in total. The molecule has 0 unspecified atom stereocenters. The van der Waals surface area contributed by atoms with Gasteiger partial charge in [-0.1, -0.05) is 5.16 Å². The number of hydrogen-bond acceptors (Lipinski definition) is 6. The molecular weight excluding hydrogens is 268 g/mol. The van der Waals surface area contributed by atoms with E-state index in [1.54, 1.807) is 13.0 Å². The van der Waals surface area contributed by atoms with Gasteiger partial charge in [0.2, 0.25) is 5.89 Å². The summed E-state index contributed by atoms with van der Waals surface area (Å²) >= 11 is 0. The molecule has 0 aliphatic carbocycles. The number of hydrogen-bond donors (Lipinski definition) is 0. The fourth-order valence-electron chi connectivity index (χ4n) is 1.62. The van der Waals surface area contributed by atoms with Crippen LogP contribution in [0.2, 0.25) is 0 Å². The highest BCUT2D eigenvalue weighted by atomic mass is 32.2. The quantitative estimate of drug-likeness (QED) is 0.810. The Labute approximate surface area is 113 Å². The number of furan rings is 1. The minimum absolute atomic E-state index is 0.173. The zero-order valence-corrected chi connectivity index (χ0v) is 11.9. The molecule has 2 atom stereocenters. The fraction of sp³-hybridized carbons (Fsp3) is 0.500. The second-order valence-corrected chi connectivity index (χ2v) is 5.39. The summed E-state index contributed by atoms with van der Waals surface area (Å²) in [6.45, 7) is 6.08. The van der Waals surface area contributed by atoms with Crippen molar-refractivity contribution in [2.45, 2.75) is 37.5 Å². The van der Waals surface area contributed by atoms with Crippen LogP contribution in [0, 0.1) is 6.92 Å². The van der Waals surface area contributed by atoms with Crippen LogP contribution in [-0.4, -0.2) is 21.0 Å². The average Bonchev–Trinajstić information content (AvgIpc) is 2.98. The maximum Gasteiger partial charge on any atom is 0.239 e. The molecule has 7 heteroatoms. The lowest BCUT2D eigenvalue weighted by atomic mass is 10.4. The molecule has 2 heterocycles. The first-order chi connectivity index (χ1) is 9.11. The lowest BCUT2D eigenvalue weighted by Gasteiger charge is -2.04. The number of ether oxygens (including phenoxy) is 1. The lowest BCUT2D eigenvalue weighted by molar-refractivity contribution is 0.0683. The molecule has 0 radical (unpaired) electrons. The molecule has 2 rings (SSSR count). The molecule has 0 spiro atoms. The molecule has 0 aromatic carbocycles. The largest absolute Gasteiger partial charge is 0.468 e. The zero-order chi connectivity index (χ0) is 13.8. The second kappa shape index (κ2) is 6.12. The van der Waals surface area contributed by atoms with Gasteiger partial charge in [0.25, 0.3) is 0 Å². The lowest BCUT2D eigenvalue weighted by Crippen LogP contribution is -2.02. The van der Waals surface area contributed by atoms with Crippen LogP contribution in [-0.2, 0) is 21.3 Å². The molecule has 0 bridgehead atoms. The summed E-state index contributed by atoms with van der Waals surface area (Å²) in [6.07, 6.45) is 1.28. The van der Waals surface area contributed by atoms with Gasteiger partial charge in [-0.3, -0.25) is 4.21 Å². The topological polar surface area (TPSA) is 78.4 Å². The van der Waals surface area contributed by atoms with E-state index in [2.05, 4.69) is 10.1 Å². The number of rotatable bonds is 6. The van der Waals surface area contributed by atoms with Gasteiger partial charge >= 0.3 is 0 Å². The summed E-state index contributed by atoms with van der Waals surface area (Å²) in [5, 5.41) is 3.82. The van der Waals surface area contributed by atoms with Crippen molar-refractivity contribution in [3.8, 4) is 0 Å². The van der Waals surface area contributed by atoms with Crippen molar-refractivity contribution in [3.63, 3.8) is 0 Å². The van der Waals surface area contributed by atoms with E-state index >= 15 is 0 Å². The van der Waals surface area contributed by atoms with Crippen molar-refractivity contribution in [2.75, 3.05) is 6.61 Å². The molecule has 2 aromatic rings. The number of aromatic nitrogens is 2. The highest BCUT2D eigenvalue weighted by Crippen LogP contribution is 2.18. The van der Waals surface area contributed by atoms with Crippen LogP contribution in [0.25, 0.3) is 0 Å². The summed E-state index contributed by atoms with van der Waals surface area (Å²) in [6, 6.07) is 1.69. The molecule has 0 fully saturated rings. The summed E-state index contributed by atoms with van der Waals surface area (Å²) in [7, 11) is -1.25. The van der Waals surface area contributed by atoms with Gasteiger partial charge in [-0.15, -0.1) is 0 Å². The van der Waals surface area contributed by atoms with Gasteiger partial charge in [-0.25, -0.2) is 0 Å². The monoisotopic (exact) mass is 284 g/mol. The molecule has 0 aliphatic rings. The first-order valence-corrected chi connectivity index (χ1v) is 7.30. The molecule has 0 saturated heterocycles. The van der Waals surface area contributed by atoms with E-state index in [9.17, 15) is 4.21 Å². The predicted molar refractivity (Wildman–Crippen MR) is 67.9 cm³/mol. The van der Waals surface area contributed by atoms with E-state index in [0.717, 1.165) is 0 Å². The summed E-state index contributed by atoms with van der Waals surface area (Å²) < 4.78 is 27.6. The Kier molecular flexibility index (Phi) is 4.49. The van der Waals surface area contributed by atoms with Gasteiger partial charge < -0.3 is 13.7 Å². The Bertz CT molecular complexity index is 564. The third-order valence-electron chi connectivity index (χ3n) is 2.58. The van der Waals surface area contributed by atoms with Crippen LogP contribution in [0.15, 0.2) is 26.2 Å². The van der Waals surface area contributed by atoms with Crippen LogP contribution in [0.3, 0.4) is 0 Å². The average molecular weight is 284 g/mol. The van der Waals surface area contributed by atoms with Crippen LogP contribution in [0.1, 0.15) is 37.4 Å². The van der Waals surface area contributed by atoms with Crippen molar-refractivity contribution >= 4 is 10.8 Å². The van der Waals surface area contributed by atoms with Crippen molar-refractivity contribution < 1.29 is 17.9 Å². The minimum Gasteiger partial charge on any atom is -0.468 e. The maximum absolute atomic E-state index is 12.1. The van der Waals surface area contributed by atoms with Crippen molar-refractivity contribution in [2.24, 2.45) is 0 Å². The van der Waals surface area contributed by atoms with Gasteiger partial charge in [-0.2, -0.15) is 4.98 Å². The third kappa shape index (κ3) is 3.30. The van der Waals surface area contributed by atoms with Crippen molar-refractivity contribution in [1.82, 2.24) is 10.1 Å². The molecule has 2 aromatic heterocycles. The van der Waals surface area contributed by atoms with E-state index in [1.165, 1.54) is 6.26 Å². The number of nitrogens with zero attached hydrogens (tertiary/aromatic N) is 2. The standard InChI is InChI=1S/C12H16N2O4S/c1-4-16-9(3)12-13-11(18-14-12)7-19(15)10-5-6-17-8(10)2/h5-6,9H,4,7H2,1-3H3/t9-,19-/m0/s1. The molecular formula is C12H16N2O4S. The van der Waals surface area contributed by atoms with Crippen LogP contribution >= 0.6 is 0 Å². The highest BCUT2D eigenvalue weighted by molar-refractivity contribution is 7.84. The first-order valence-electron chi connectivity index (χ1n) is 5.98. The molecule has 0 aliphatic heterocycles. The van der Waals surface area contributed by atoms with E-state index in [1.807, 2.05) is 13.8 Å². The maximum atomic E-state index is 12.1. The van der Waals surface area contributed by atoms with Gasteiger partial charge in [0.15, 0.2) is 5.82 Å².